The van der Waals surface area contributed by atoms with E-state index in [1.807, 2.05) is 33.8 Å². The third-order valence-electron chi connectivity index (χ3n) is 7.33. The first-order chi connectivity index (χ1) is 18.5. The first-order valence-corrected chi connectivity index (χ1v) is 13.5. The maximum atomic E-state index is 12.8. The van der Waals surface area contributed by atoms with Gasteiger partial charge in [-0.15, -0.1) is 0 Å². The molecule has 1 aliphatic heterocycles. The molecule has 0 radical (unpaired) electrons. The van der Waals surface area contributed by atoms with E-state index in [-0.39, 0.29) is 43.3 Å². The molecule has 2 amide bonds. The average molecular weight is 547 g/mol. The van der Waals surface area contributed by atoms with E-state index in [0.717, 1.165) is 28.9 Å². The molecule has 5 atom stereocenters. The Balaban J connectivity index is 2.79. The number of methoxy groups -OCH3 is 2. The van der Waals surface area contributed by atoms with E-state index in [1.165, 1.54) is 6.92 Å². The highest BCUT2D eigenvalue weighted by atomic mass is 16.7. The van der Waals surface area contributed by atoms with Crippen molar-refractivity contribution in [3.63, 3.8) is 0 Å². The van der Waals surface area contributed by atoms with Crippen LogP contribution in [0.15, 0.2) is 59.1 Å². The summed E-state index contributed by atoms with van der Waals surface area (Å²) in [5.41, 5.74) is 2.12. The van der Waals surface area contributed by atoms with Gasteiger partial charge in [0.15, 0.2) is 6.79 Å². The van der Waals surface area contributed by atoms with Crippen LogP contribution in [0, 0.1) is 11.8 Å². The van der Waals surface area contributed by atoms with Crippen molar-refractivity contribution >= 4 is 12.0 Å². The van der Waals surface area contributed by atoms with Crippen LogP contribution >= 0.6 is 0 Å². The van der Waals surface area contributed by atoms with Gasteiger partial charge in [0.05, 0.1) is 31.6 Å². The molecule has 1 heterocycles. The molecule has 0 aromatic heterocycles. The average Bonchev–Trinajstić information content (AvgIpc) is 3.28. The van der Waals surface area contributed by atoms with Gasteiger partial charge in [-0.05, 0) is 57.4 Å². The van der Waals surface area contributed by atoms with Crippen LogP contribution in [0.2, 0.25) is 0 Å². The molecular formula is C30H46N2O7. The number of amides is 2. The van der Waals surface area contributed by atoms with Crippen LogP contribution in [0.25, 0.3) is 0 Å². The molecule has 2 aliphatic rings. The Morgan fingerprint density at radius 1 is 1.28 bits per heavy atom. The van der Waals surface area contributed by atoms with Crippen LogP contribution in [-0.4, -0.2) is 63.9 Å². The molecule has 2 N–H and O–H groups in total. The molecule has 1 fully saturated rings. The zero-order valence-electron chi connectivity index (χ0n) is 24.7. The van der Waals surface area contributed by atoms with E-state index in [1.54, 1.807) is 20.3 Å². The lowest BCUT2D eigenvalue weighted by molar-refractivity contribution is -0.142. The van der Waals surface area contributed by atoms with Crippen LogP contribution in [0.3, 0.4) is 0 Å². The number of rotatable bonds is 12. The van der Waals surface area contributed by atoms with Gasteiger partial charge in [0.25, 0.3) is 0 Å². The van der Waals surface area contributed by atoms with Crippen LogP contribution < -0.4 is 10.6 Å². The molecule has 0 saturated carbocycles. The third kappa shape index (κ3) is 8.47. The lowest BCUT2D eigenvalue weighted by Crippen LogP contribution is -2.50. The summed E-state index contributed by atoms with van der Waals surface area (Å²) < 4.78 is 28.4. The lowest BCUT2D eigenvalue weighted by atomic mass is 9.70. The Hall–Kier alpha value is -3.04. The fourth-order valence-corrected chi connectivity index (χ4v) is 4.85. The van der Waals surface area contributed by atoms with Crippen LogP contribution in [0.1, 0.15) is 54.4 Å². The molecule has 1 aliphatic carbocycles. The first kappa shape index (κ1) is 32.2. The smallest absolute Gasteiger partial charge is 0.315 e. The normalized spacial score (nSPS) is 27.6. The molecule has 1 saturated heterocycles. The number of ether oxygens (including phenoxy) is 5. The molecule has 9 heteroatoms. The number of hydrogen-bond acceptors (Lipinski definition) is 7. The quantitative estimate of drug-likeness (QED) is 0.155. The largest absolute Gasteiger partial charge is 0.501 e. The van der Waals surface area contributed by atoms with Crippen molar-refractivity contribution in [3.8, 4) is 0 Å². The topological polar surface area (TPSA) is 104 Å². The molecule has 0 aromatic carbocycles. The van der Waals surface area contributed by atoms with Crippen LogP contribution in [-0.2, 0) is 28.5 Å². The highest BCUT2D eigenvalue weighted by Gasteiger charge is 2.40. The molecule has 2 rings (SSSR count). The number of hydrogen-bond donors (Lipinski definition) is 2. The number of esters is 1. The van der Waals surface area contributed by atoms with E-state index >= 15 is 0 Å². The van der Waals surface area contributed by atoms with Crippen molar-refractivity contribution in [1.29, 1.82) is 0 Å². The van der Waals surface area contributed by atoms with Crippen LogP contribution in [0.4, 0.5) is 4.79 Å². The summed E-state index contributed by atoms with van der Waals surface area (Å²) >= 11 is 0. The van der Waals surface area contributed by atoms with Gasteiger partial charge in [0.2, 0.25) is 0 Å². The number of carbonyl (C=O) groups is 2. The predicted molar refractivity (Wildman–Crippen MR) is 151 cm³/mol. The Morgan fingerprint density at radius 3 is 2.56 bits per heavy atom. The Morgan fingerprint density at radius 2 is 2.00 bits per heavy atom. The second-order valence-corrected chi connectivity index (χ2v) is 9.97. The minimum Gasteiger partial charge on any atom is -0.501 e. The van der Waals surface area contributed by atoms with E-state index in [0.29, 0.717) is 18.7 Å². The Kier molecular flexibility index (Phi) is 12.3. The predicted octanol–water partition coefficient (Wildman–Crippen LogP) is 4.92. The molecule has 5 unspecified atom stereocenters. The summed E-state index contributed by atoms with van der Waals surface area (Å²) in [6, 6.07) is -0.750. The third-order valence-corrected chi connectivity index (χ3v) is 7.33. The number of urea groups is 1. The highest BCUT2D eigenvalue weighted by Crippen LogP contribution is 2.42. The SMILES string of the molecule is C=CC1(C)OCOC1=CC1=C(C)C(C(C=C(CC)OC)=CC(C)OC)CC(COC(C)=O)C1NC(=O)NCC. The minimum absolute atomic E-state index is 0.0729. The maximum Gasteiger partial charge on any atom is 0.315 e. The van der Waals surface area contributed by atoms with Gasteiger partial charge in [-0.2, -0.15) is 0 Å². The van der Waals surface area contributed by atoms with Crippen molar-refractivity contribution in [3.05, 3.63) is 59.1 Å². The van der Waals surface area contributed by atoms with Crippen LogP contribution in [0.5, 0.6) is 0 Å². The zero-order valence-corrected chi connectivity index (χ0v) is 24.7. The van der Waals surface area contributed by atoms with E-state index in [9.17, 15) is 9.59 Å². The number of allylic oxidation sites excluding steroid dienone is 4. The molecule has 218 valence electrons. The van der Waals surface area contributed by atoms with Gasteiger partial charge in [-0.25, -0.2) is 4.79 Å². The molecule has 0 bridgehead atoms. The first-order valence-electron chi connectivity index (χ1n) is 13.5. The Labute approximate surface area is 233 Å². The van der Waals surface area contributed by atoms with Crippen molar-refractivity contribution in [2.24, 2.45) is 11.8 Å². The summed E-state index contributed by atoms with van der Waals surface area (Å²) in [5.74, 6) is 0.757. The van der Waals surface area contributed by atoms with Crippen molar-refractivity contribution in [2.75, 3.05) is 34.2 Å². The maximum absolute atomic E-state index is 12.8. The van der Waals surface area contributed by atoms with Gasteiger partial charge < -0.3 is 34.3 Å². The summed E-state index contributed by atoms with van der Waals surface area (Å²) in [6.45, 7) is 15.8. The summed E-state index contributed by atoms with van der Waals surface area (Å²) in [5, 5.41) is 5.93. The molecule has 0 aromatic rings. The summed E-state index contributed by atoms with van der Waals surface area (Å²) in [6.07, 6.45) is 8.97. The zero-order chi connectivity index (χ0) is 29.2. The summed E-state index contributed by atoms with van der Waals surface area (Å²) in [7, 11) is 3.33. The summed E-state index contributed by atoms with van der Waals surface area (Å²) in [4.78, 5) is 24.6. The van der Waals surface area contributed by atoms with E-state index in [4.69, 9.17) is 23.7 Å². The fourth-order valence-electron chi connectivity index (χ4n) is 4.85. The van der Waals surface area contributed by atoms with Gasteiger partial charge in [0, 0.05) is 38.8 Å². The molecular weight excluding hydrogens is 500 g/mol. The van der Waals surface area contributed by atoms with Gasteiger partial charge in [-0.1, -0.05) is 31.2 Å². The van der Waals surface area contributed by atoms with E-state index < -0.39 is 11.6 Å². The Bertz CT molecular complexity index is 1010. The lowest BCUT2D eigenvalue weighted by Gasteiger charge is -2.39. The fraction of sp³-hybridized carbons (Fsp3) is 0.600. The highest BCUT2D eigenvalue weighted by molar-refractivity contribution is 5.75. The van der Waals surface area contributed by atoms with Gasteiger partial charge in [-0.3, -0.25) is 4.79 Å². The standard InChI is InChI=1S/C30H46N2O7/c1-10-24(36-9)14-22(13-19(4)35-8)25-15-23(17-37-21(6)33)28(32-29(34)31-12-3)26(20(25)5)16-27-30(7,11-2)39-18-38-27/h11,13-14,16,19,23,25,28H,2,10,12,15,17-18H2,1,3-9H3,(H2,31,32,34). The van der Waals surface area contributed by atoms with Gasteiger partial charge in [0.1, 0.15) is 11.4 Å². The van der Waals surface area contributed by atoms with Crippen molar-refractivity contribution in [1.82, 2.24) is 10.6 Å². The number of nitrogens with one attached hydrogen (secondary N) is 2. The van der Waals surface area contributed by atoms with Crippen molar-refractivity contribution in [2.45, 2.75) is 72.1 Å². The second-order valence-electron chi connectivity index (χ2n) is 9.97. The second kappa shape index (κ2) is 14.9. The molecule has 39 heavy (non-hydrogen) atoms. The minimum atomic E-state index is -0.809. The molecule has 0 spiro atoms. The monoisotopic (exact) mass is 546 g/mol. The van der Waals surface area contributed by atoms with Gasteiger partial charge >= 0.3 is 12.0 Å². The van der Waals surface area contributed by atoms with Crippen molar-refractivity contribution < 1.29 is 33.3 Å². The number of carbonyl (C=O) groups excluding carboxylic acids is 2. The van der Waals surface area contributed by atoms with E-state index in [2.05, 4.69) is 36.3 Å². The molecule has 9 nitrogen and oxygen atoms in total.